The maximum Gasteiger partial charge on any atom is 0.312 e. The van der Waals surface area contributed by atoms with Crippen LogP contribution in [0.15, 0.2) is 54.6 Å². The zero-order valence-corrected chi connectivity index (χ0v) is 38.6. The highest BCUT2D eigenvalue weighted by atomic mass is 16.5. The van der Waals surface area contributed by atoms with Gasteiger partial charge in [0, 0.05) is 36.7 Å². The third-order valence-electron chi connectivity index (χ3n) is 10.2. The van der Waals surface area contributed by atoms with Gasteiger partial charge in [0.2, 0.25) is 29.5 Å². The molecule has 0 aliphatic rings. The number of anilines is 1. The van der Waals surface area contributed by atoms with E-state index in [1.54, 1.807) is 45.0 Å². The van der Waals surface area contributed by atoms with Crippen molar-refractivity contribution in [1.29, 1.82) is 0 Å². The SMILES string of the molecule is CC(C)NCC(=O)NCC(=O)N[C@@H](Cc1ccccc1)C(=O)NCC(=O)C(C)CCC(C)N[C@H](C(=O)N[C@@H](CCCNC(N)=O)C(=O)Nc1ccc(COC(=O)C(C)C)cc1)C(C)C. The number of amides is 7. The largest absolute Gasteiger partial charge is 0.461 e. The van der Waals surface area contributed by atoms with Crippen LogP contribution >= 0.6 is 0 Å². The normalized spacial score (nSPS) is 13.5. The molecule has 0 aromatic heterocycles. The van der Waals surface area contributed by atoms with Crippen LogP contribution in [0.2, 0.25) is 0 Å². The number of urea groups is 1. The first-order valence-electron chi connectivity index (χ1n) is 22.1. The zero-order chi connectivity index (χ0) is 47.8. The lowest BCUT2D eigenvalue weighted by molar-refractivity contribution is -0.148. The van der Waals surface area contributed by atoms with Crippen LogP contribution < -0.4 is 48.3 Å². The van der Waals surface area contributed by atoms with Gasteiger partial charge in [0.25, 0.3) is 0 Å². The summed E-state index contributed by atoms with van der Waals surface area (Å²) >= 11 is 0. The Hall–Kier alpha value is -5.88. The third kappa shape index (κ3) is 22.0. The predicted octanol–water partition coefficient (Wildman–Crippen LogP) is 2.20. The van der Waals surface area contributed by atoms with Crippen LogP contribution in [0.1, 0.15) is 92.2 Å². The Kier molecular flexibility index (Phi) is 24.4. The van der Waals surface area contributed by atoms with Gasteiger partial charge in [-0.3, -0.25) is 33.6 Å². The van der Waals surface area contributed by atoms with E-state index in [-0.39, 0.29) is 87.2 Å². The minimum atomic E-state index is -0.995. The summed E-state index contributed by atoms with van der Waals surface area (Å²) in [5.41, 5.74) is 7.21. The molecule has 0 radical (unpaired) electrons. The van der Waals surface area contributed by atoms with Gasteiger partial charge in [0.15, 0.2) is 5.78 Å². The first-order chi connectivity index (χ1) is 30.2. The molecule has 7 amide bonds. The number of carbonyl (C=O) groups is 8. The molecule has 0 saturated heterocycles. The van der Waals surface area contributed by atoms with Gasteiger partial charge in [-0.05, 0) is 61.8 Å². The van der Waals surface area contributed by atoms with Gasteiger partial charge in [-0.2, -0.15) is 0 Å². The van der Waals surface area contributed by atoms with E-state index in [0.717, 1.165) is 11.1 Å². The number of ketones is 1. The summed E-state index contributed by atoms with van der Waals surface area (Å²) in [6, 6.07) is 12.4. The van der Waals surface area contributed by atoms with Crippen molar-refractivity contribution in [3.05, 3.63) is 65.7 Å². The van der Waals surface area contributed by atoms with Crippen molar-refractivity contribution in [3.63, 3.8) is 0 Å². The highest BCUT2D eigenvalue weighted by molar-refractivity contribution is 5.98. The van der Waals surface area contributed by atoms with E-state index < -0.39 is 53.7 Å². The fraction of sp³-hybridized carbons (Fsp3) is 0.565. The van der Waals surface area contributed by atoms with Crippen LogP contribution in [0.25, 0.3) is 0 Å². The number of hydrogen-bond donors (Lipinski definition) is 9. The number of primary amides is 1. The lowest BCUT2D eigenvalue weighted by atomic mass is 9.96. The average molecular weight is 894 g/mol. The number of hydrogen-bond acceptors (Lipinski definition) is 11. The second-order valence-electron chi connectivity index (χ2n) is 17.0. The number of nitrogens with two attached hydrogens (primary N) is 1. The molecule has 0 aliphatic heterocycles. The summed E-state index contributed by atoms with van der Waals surface area (Å²) in [4.78, 5) is 102. The summed E-state index contributed by atoms with van der Waals surface area (Å²) in [6.07, 6.45) is 1.68. The van der Waals surface area contributed by atoms with Crippen molar-refractivity contribution in [2.75, 3.05) is 31.5 Å². The molecule has 2 unspecified atom stereocenters. The number of ether oxygens (including phenoxy) is 1. The maximum absolute atomic E-state index is 13.8. The van der Waals surface area contributed by atoms with E-state index in [9.17, 15) is 38.4 Å². The first kappa shape index (κ1) is 54.3. The molecule has 18 nitrogen and oxygen atoms in total. The summed E-state index contributed by atoms with van der Waals surface area (Å²) in [7, 11) is 0. The fourth-order valence-electron chi connectivity index (χ4n) is 6.22. The summed E-state index contributed by atoms with van der Waals surface area (Å²) in [5.74, 6) is -3.73. The molecule has 2 aromatic rings. The molecule has 2 aromatic carbocycles. The van der Waals surface area contributed by atoms with Crippen molar-refractivity contribution in [2.24, 2.45) is 23.5 Å². The van der Waals surface area contributed by atoms with Gasteiger partial charge >= 0.3 is 12.0 Å². The lowest BCUT2D eigenvalue weighted by Gasteiger charge is -2.28. The van der Waals surface area contributed by atoms with Gasteiger partial charge in [-0.1, -0.05) is 90.9 Å². The van der Waals surface area contributed by atoms with Crippen LogP contribution in [-0.4, -0.2) is 104 Å². The van der Waals surface area contributed by atoms with Crippen LogP contribution in [0, 0.1) is 17.8 Å². The second kappa shape index (κ2) is 28.7. The van der Waals surface area contributed by atoms with Crippen molar-refractivity contribution in [3.8, 4) is 0 Å². The van der Waals surface area contributed by atoms with Crippen molar-refractivity contribution < 1.29 is 43.1 Å². The molecule has 354 valence electrons. The van der Waals surface area contributed by atoms with E-state index in [0.29, 0.717) is 24.9 Å². The second-order valence-corrected chi connectivity index (χ2v) is 17.0. The number of benzene rings is 2. The standard InChI is InChI=1S/C46H71N9O9/c1-28(2)41(44(61)55-36(15-12-22-48-46(47)63)43(60)53-35-20-18-34(19-21-35)27-64-45(62)29(3)4)52-32(8)17-16-31(7)38(56)24-51-42(59)37(23-33-13-10-9-11-14-33)54-40(58)26-50-39(57)25-49-30(5)6/h9-11,13-14,18-21,28-32,36-37,41,49,52H,12,15-17,22-27H2,1-8H3,(H,50,57)(H,51,59)(H,53,60)(H,54,58)(H,55,61)(H3,47,48,63)/t31?,32?,36-,37-,41-/m0/s1. The smallest absolute Gasteiger partial charge is 0.312 e. The quantitative estimate of drug-likeness (QED) is 0.0422. The molecule has 18 heteroatoms. The number of esters is 1. The Morgan fingerprint density at radius 2 is 1.31 bits per heavy atom. The molecule has 0 aliphatic carbocycles. The Labute approximate surface area is 377 Å². The number of nitrogens with one attached hydrogen (secondary N) is 8. The van der Waals surface area contributed by atoms with E-state index in [4.69, 9.17) is 10.5 Å². The molecule has 64 heavy (non-hydrogen) atoms. The van der Waals surface area contributed by atoms with Gasteiger partial charge in [-0.15, -0.1) is 0 Å². The predicted molar refractivity (Wildman–Crippen MR) is 244 cm³/mol. The van der Waals surface area contributed by atoms with Gasteiger partial charge in [0.05, 0.1) is 31.6 Å². The third-order valence-corrected chi connectivity index (χ3v) is 10.2. The average Bonchev–Trinajstić information content (AvgIpc) is 3.25. The van der Waals surface area contributed by atoms with Crippen LogP contribution in [0.5, 0.6) is 0 Å². The molecular formula is C46H71N9O9. The topological polar surface area (TPSA) is 268 Å². The highest BCUT2D eigenvalue weighted by Crippen LogP contribution is 2.15. The van der Waals surface area contributed by atoms with Gasteiger partial charge in [0.1, 0.15) is 18.7 Å². The maximum atomic E-state index is 13.8. The van der Waals surface area contributed by atoms with E-state index >= 15 is 0 Å². The molecule has 0 bridgehead atoms. The molecule has 0 spiro atoms. The van der Waals surface area contributed by atoms with Crippen LogP contribution in [0.4, 0.5) is 10.5 Å². The Balaban J connectivity index is 1.99. The fourth-order valence-corrected chi connectivity index (χ4v) is 6.22. The van der Waals surface area contributed by atoms with Crippen molar-refractivity contribution in [1.82, 2.24) is 37.2 Å². The Morgan fingerprint density at radius 1 is 0.641 bits per heavy atom. The molecule has 10 N–H and O–H groups in total. The molecule has 0 fully saturated rings. The number of rotatable bonds is 29. The molecular weight excluding hydrogens is 823 g/mol. The Morgan fingerprint density at radius 3 is 1.92 bits per heavy atom. The monoisotopic (exact) mass is 894 g/mol. The minimum absolute atomic E-state index is 0.0441. The molecule has 5 atom stereocenters. The van der Waals surface area contributed by atoms with Gasteiger partial charge < -0.3 is 53.0 Å². The Bertz CT molecular complexity index is 1820. The summed E-state index contributed by atoms with van der Waals surface area (Å²) in [5, 5.41) is 22.4. The van der Waals surface area contributed by atoms with Crippen molar-refractivity contribution in [2.45, 2.75) is 124 Å². The van der Waals surface area contributed by atoms with E-state index in [1.165, 1.54) is 0 Å². The van der Waals surface area contributed by atoms with Crippen LogP contribution in [0.3, 0.4) is 0 Å². The van der Waals surface area contributed by atoms with E-state index in [1.807, 2.05) is 65.0 Å². The van der Waals surface area contributed by atoms with E-state index in [2.05, 4.69) is 42.5 Å². The minimum Gasteiger partial charge on any atom is -0.461 e. The zero-order valence-electron chi connectivity index (χ0n) is 38.6. The first-order valence-corrected chi connectivity index (χ1v) is 22.1. The number of carbonyl (C=O) groups excluding carboxylic acids is 8. The van der Waals surface area contributed by atoms with Crippen molar-refractivity contribution >= 4 is 53.0 Å². The molecule has 2 rings (SSSR count). The van der Waals surface area contributed by atoms with Gasteiger partial charge in [-0.25, -0.2) is 4.79 Å². The lowest BCUT2D eigenvalue weighted by Crippen LogP contribution is -2.55. The highest BCUT2D eigenvalue weighted by Gasteiger charge is 2.29. The number of Topliss-reactive ketones (excluding diaryl/α,β-unsaturated/α-hetero) is 1. The summed E-state index contributed by atoms with van der Waals surface area (Å²) in [6.45, 7) is 14.4. The van der Waals surface area contributed by atoms with Crippen LogP contribution in [-0.2, 0) is 51.3 Å². The molecule has 0 saturated carbocycles. The molecule has 0 heterocycles. The summed E-state index contributed by atoms with van der Waals surface area (Å²) < 4.78 is 5.27.